The lowest BCUT2D eigenvalue weighted by Crippen LogP contribution is -2.46. The van der Waals surface area contributed by atoms with E-state index in [0.29, 0.717) is 11.1 Å². The highest BCUT2D eigenvalue weighted by Crippen LogP contribution is 2.43. The monoisotopic (exact) mass is 467 g/mol. The van der Waals surface area contributed by atoms with Crippen LogP contribution in [0.2, 0.25) is 0 Å². The second-order valence-corrected chi connectivity index (χ2v) is 8.34. The average Bonchev–Trinajstić information content (AvgIpc) is 2.58. The highest BCUT2D eigenvalue weighted by Gasteiger charge is 2.41. The van der Waals surface area contributed by atoms with E-state index in [0.717, 1.165) is 8.95 Å². The summed E-state index contributed by atoms with van der Waals surface area (Å²) in [4.78, 5) is 12.9. The third-order valence-electron chi connectivity index (χ3n) is 4.91. The lowest BCUT2D eigenvalue weighted by molar-refractivity contribution is -0.130. The predicted octanol–water partition coefficient (Wildman–Crippen LogP) is 4.85. The Bertz CT molecular complexity index is 759. The molecule has 0 spiro atoms. The molecule has 0 radical (unpaired) electrons. The van der Waals surface area contributed by atoms with E-state index < -0.39 is 0 Å². The van der Waals surface area contributed by atoms with Crippen molar-refractivity contribution in [3.63, 3.8) is 0 Å². The fourth-order valence-electron chi connectivity index (χ4n) is 3.49. The van der Waals surface area contributed by atoms with Crippen molar-refractivity contribution in [1.82, 2.24) is 5.32 Å². The van der Waals surface area contributed by atoms with E-state index >= 15 is 0 Å². The van der Waals surface area contributed by atoms with Gasteiger partial charge in [0.1, 0.15) is 17.3 Å². The van der Waals surface area contributed by atoms with Crippen LogP contribution >= 0.6 is 31.9 Å². The fourth-order valence-corrected chi connectivity index (χ4v) is 4.25. The maximum atomic E-state index is 12.9. The molecule has 1 heterocycles. The van der Waals surface area contributed by atoms with Gasteiger partial charge in [-0.25, -0.2) is 0 Å². The van der Waals surface area contributed by atoms with Crippen molar-refractivity contribution in [1.29, 1.82) is 0 Å². The largest absolute Gasteiger partial charge is 0.508 e. The standard InChI is InChI=1S/C19H19Br2NO3/c1-9-17(13-7-11(20)3-5-15(13)23)22-18(10(2)19(9)25)14-8-12(21)4-6-16(14)24/h3-10,17-18,22-24H,1-2H3/t9-,10-,17-,18+/m0/s1. The van der Waals surface area contributed by atoms with Crippen LogP contribution in [0.3, 0.4) is 0 Å². The molecule has 1 aliphatic rings. The highest BCUT2D eigenvalue weighted by molar-refractivity contribution is 9.10. The van der Waals surface area contributed by atoms with Crippen LogP contribution in [0, 0.1) is 11.8 Å². The summed E-state index contributed by atoms with van der Waals surface area (Å²) in [5.74, 6) is -0.187. The Kier molecular flexibility index (Phi) is 5.23. The van der Waals surface area contributed by atoms with Crippen molar-refractivity contribution < 1.29 is 15.0 Å². The molecule has 2 aromatic carbocycles. The van der Waals surface area contributed by atoms with Crippen molar-refractivity contribution >= 4 is 37.6 Å². The summed E-state index contributed by atoms with van der Waals surface area (Å²) < 4.78 is 1.67. The van der Waals surface area contributed by atoms with E-state index in [1.807, 2.05) is 26.0 Å². The van der Waals surface area contributed by atoms with Crippen molar-refractivity contribution in [3.05, 3.63) is 56.5 Å². The Morgan fingerprint density at radius 2 is 1.24 bits per heavy atom. The maximum Gasteiger partial charge on any atom is 0.142 e. The maximum absolute atomic E-state index is 12.9. The Hall–Kier alpha value is -1.37. The van der Waals surface area contributed by atoms with Gasteiger partial charge < -0.3 is 15.5 Å². The smallest absolute Gasteiger partial charge is 0.142 e. The summed E-state index contributed by atoms with van der Waals surface area (Å²) >= 11 is 6.84. The fraction of sp³-hybridized carbons (Fsp3) is 0.316. The van der Waals surface area contributed by atoms with Crippen molar-refractivity contribution in [2.75, 3.05) is 0 Å². The molecule has 4 atom stereocenters. The third-order valence-corrected chi connectivity index (χ3v) is 5.89. The van der Waals surface area contributed by atoms with Crippen LogP contribution in [0.1, 0.15) is 37.1 Å². The second-order valence-electron chi connectivity index (χ2n) is 6.51. The molecule has 4 nitrogen and oxygen atoms in total. The first-order chi connectivity index (χ1) is 11.8. The molecule has 1 fully saturated rings. The molecule has 6 heteroatoms. The molecule has 1 aliphatic heterocycles. The van der Waals surface area contributed by atoms with Gasteiger partial charge in [0.05, 0.1) is 0 Å². The number of piperidine rings is 1. The van der Waals surface area contributed by atoms with Crippen LogP contribution in [0.5, 0.6) is 11.5 Å². The number of hydrogen-bond donors (Lipinski definition) is 3. The lowest BCUT2D eigenvalue weighted by atomic mass is 9.76. The van der Waals surface area contributed by atoms with Gasteiger partial charge in [0.15, 0.2) is 0 Å². The van der Waals surface area contributed by atoms with Crippen LogP contribution in [0.4, 0.5) is 0 Å². The average molecular weight is 469 g/mol. The Morgan fingerprint density at radius 1 is 0.840 bits per heavy atom. The van der Waals surface area contributed by atoms with Gasteiger partial charge in [-0.1, -0.05) is 45.7 Å². The van der Waals surface area contributed by atoms with Gasteiger partial charge in [-0.05, 0) is 36.4 Å². The molecule has 0 aromatic heterocycles. The number of carbonyl (C=O) groups excluding carboxylic acids is 1. The first-order valence-electron chi connectivity index (χ1n) is 8.06. The van der Waals surface area contributed by atoms with Crippen LogP contribution in [0.15, 0.2) is 45.3 Å². The molecule has 0 saturated carbocycles. The Balaban J connectivity index is 2.05. The summed E-state index contributed by atoms with van der Waals surface area (Å²) in [5.41, 5.74) is 1.34. The zero-order valence-corrected chi connectivity index (χ0v) is 17.0. The van der Waals surface area contributed by atoms with Gasteiger partial charge in [-0.15, -0.1) is 0 Å². The molecule has 3 N–H and O–H groups in total. The molecule has 0 amide bonds. The normalized spacial score (nSPS) is 26.6. The van der Waals surface area contributed by atoms with Crippen molar-refractivity contribution in [2.24, 2.45) is 11.8 Å². The number of halogens is 2. The van der Waals surface area contributed by atoms with Gasteiger partial charge in [-0.2, -0.15) is 0 Å². The Morgan fingerprint density at radius 3 is 1.64 bits per heavy atom. The second kappa shape index (κ2) is 7.09. The molecule has 0 unspecified atom stereocenters. The zero-order valence-electron chi connectivity index (χ0n) is 13.8. The summed E-state index contributed by atoms with van der Waals surface area (Å²) in [6, 6.07) is 9.70. The van der Waals surface area contributed by atoms with Gasteiger partial charge >= 0.3 is 0 Å². The number of phenolic OH excluding ortho intramolecular Hbond substituents is 2. The summed E-state index contributed by atoms with van der Waals surface area (Å²) in [6.45, 7) is 3.74. The van der Waals surface area contributed by atoms with Crippen LogP contribution in [0.25, 0.3) is 0 Å². The molecular formula is C19H19Br2NO3. The minimum atomic E-state index is -0.343. The van der Waals surface area contributed by atoms with Crippen LogP contribution in [-0.4, -0.2) is 16.0 Å². The number of hydrogen-bond acceptors (Lipinski definition) is 4. The molecule has 3 rings (SSSR count). The first kappa shape index (κ1) is 18.4. The Labute approximate surface area is 163 Å². The number of phenols is 2. The van der Waals surface area contributed by atoms with E-state index in [1.54, 1.807) is 24.3 Å². The predicted molar refractivity (Wildman–Crippen MR) is 104 cm³/mol. The summed E-state index contributed by atoms with van der Waals surface area (Å²) in [6.07, 6.45) is 0. The minimum Gasteiger partial charge on any atom is -0.508 e. The number of nitrogens with one attached hydrogen (secondary N) is 1. The molecule has 1 saturated heterocycles. The van der Waals surface area contributed by atoms with E-state index in [4.69, 9.17) is 0 Å². The van der Waals surface area contributed by atoms with Gasteiger partial charge in [0.25, 0.3) is 0 Å². The number of aromatic hydroxyl groups is 2. The van der Waals surface area contributed by atoms with Crippen molar-refractivity contribution in [2.45, 2.75) is 25.9 Å². The first-order valence-corrected chi connectivity index (χ1v) is 9.64. The lowest BCUT2D eigenvalue weighted by Gasteiger charge is -2.40. The third kappa shape index (κ3) is 3.48. The molecular weight excluding hydrogens is 450 g/mol. The zero-order chi connectivity index (χ0) is 18.3. The molecule has 0 aliphatic carbocycles. The van der Waals surface area contributed by atoms with E-state index in [1.165, 1.54) is 0 Å². The SMILES string of the molecule is C[C@@H]1C(=O)[C@@H](C)[C@H](c2cc(Br)ccc2O)N[C@@H]1c1cc(Br)ccc1O. The van der Waals surface area contributed by atoms with Gasteiger partial charge in [0, 0.05) is 44.0 Å². The number of ketones is 1. The minimum absolute atomic E-state index is 0.104. The molecule has 132 valence electrons. The van der Waals surface area contributed by atoms with Crippen LogP contribution < -0.4 is 5.32 Å². The highest BCUT2D eigenvalue weighted by atomic mass is 79.9. The van der Waals surface area contributed by atoms with Crippen LogP contribution in [-0.2, 0) is 4.79 Å². The van der Waals surface area contributed by atoms with Gasteiger partial charge in [0.2, 0.25) is 0 Å². The molecule has 0 bridgehead atoms. The van der Waals surface area contributed by atoms with E-state index in [2.05, 4.69) is 37.2 Å². The summed E-state index contributed by atoms with van der Waals surface area (Å²) in [5, 5.41) is 24.0. The van der Waals surface area contributed by atoms with E-state index in [9.17, 15) is 15.0 Å². The summed E-state index contributed by atoms with van der Waals surface area (Å²) in [7, 11) is 0. The number of rotatable bonds is 2. The quantitative estimate of drug-likeness (QED) is 0.589. The molecule has 2 aromatic rings. The number of Topliss-reactive ketones (excluding diaryl/α,β-unsaturated/α-hetero) is 1. The molecule has 25 heavy (non-hydrogen) atoms. The van der Waals surface area contributed by atoms with Crippen molar-refractivity contribution in [3.8, 4) is 11.5 Å². The number of carbonyl (C=O) groups is 1. The van der Waals surface area contributed by atoms with Gasteiger partial charge in [-0.3, -0.25) is 4.79 Å². The topological polar surface area (TPSA) is 69.6 Å². The van der Waals surface area contributed by atoms with E-state index in [-0.39, 0.29) is 41.2 Å². The number of benzene rings is 2.